The third kappa shape index (κ3) is 3.51. The van der Waals surface area contributed by atoms with Gasteiger partial charge in [-0.15, -0.1) is 12.4 Å². The highest BCUT2D eigenvalue weighted by molar-refractivity contribution is 6.39. The lowest BCUT2D eigenvalue weighted by Gasteiger charge is -2.37. The molecule has 1 aromatic heterocycles. The highest BCUT2D eigenvalue weighted by atomic mass is 35.5. The molecule has 5 rings (SSSR count). The van der Waals surface area contributed by atoms with Crippen LogP contribution in [0.25, 0.3) is 11.3 Å². The smallest absolute Gasteiger partial charge is 0.144 e. The van der Waals surface area contributed by atoms with Gasteiger partial charge in [-0.05, 0) is 50.7 Å². The second-order valence-electron chi connectivity index (χ2n) is 8.03. The summed E-state index contributed by atoms with van der Waals surface area (Å²) < 4.78 is 5.82. The van der Waals surface area contributed by atoms with E-state index < -0.39 is 0 Å². The summed E-state index contributed by atoms with van der Waals surface area (Å²) in [6.45, 7) is 0.855. The average molecular weight is 429 g/mol. The molecular formula is C20H24Cl3N3O. The van der Waals surface area contributed by atoms with Gasteiger partial charge >= 0.3 is 0 Å². The van der Waals surface area contributed by atoms with Crippen molar-refractivity contribution in [2.75, 3.05) is 0 Å². The van der Waals surface area contributed by atoms with Crippen molar-refractivity contribution in [3.8, 4) is 11.3 Å². The van der Waals surface area contributed by atoms with Crippen molar-refractivity contribution in [3.63, 3.8) is 0 Å². The van der Waals surface area contributed by atoms with Crippen molar-refractivity contribution in [2.45, 2.75) is 69.1 Å². The SMILES string of the molecule is Cl.NC1CC2CCC(C1)N2Cc1c(-c2c(Cl)cccc2Cl)noc1C1CC1. The molecule has 0 spiro atoms. The van der Waals surface area contributed by atoms with E-state index in [4.69, 9.17) is 33.5 Å². The normalized spacial score (nSPS) is 27.6. The van der Waals surface area contributed by atoms with Crippen molar-refractivity contribution in [1.82, 2.24) is 10.1 Å². The average Bonchev–Trinajstić information content (AvgIpc) is 3.32. The zero-order valence-corrected chi connectivity index (χ0v) is 17.4. The lowest BCUT2D eigenvalue weighted by atomic mass is 9.96. The van der Waals surface area contributed by atoms with Crippen LogP contribution >= 0.6 is 35.6 Å². The minimum Gasteiger partial charge on any atom is -0.360 e. The Morgan fingerprint density at radius 3 is 2.30 bits per heavy atom. The molecule has 3 heterocycles. The molecular weight excluding hydrogens is 405 g/mol. The number of fused-ring (bicyclic) bond motifs is 2. The zero-order chi connectivity index (χ0) is 17.8. The summed E-state index contributed by atoms with van der Waals surface area (Å²) in [5, 5.41) is 5.67. The van der Waals surface area contributed by atoms with E-state index in [1.165, 1.54) is 31.2 Å². The minimum atomic E-state index is 0. The number of aromatic nitrogens is 1. The first-order chi connectivity index (χ1) is 12.6. The van der Waals surface area contributed by atoms with Crippen LogP contribution in [-0.4, -0.2) is 28.2 Å². The van der Waals surface area contributed by atoms with Crippen LogP contribution in [0.2, 0.25) is 10.0 Å². The second-order valence-corrected chi connectivity index (χ2v) is 8.85. The van der Waals surface area contributed by atoms with Gasteiger partial charge in [0.25, 0.3) is 0 Å². The van der Waals surface area contributed by atoms with Crippen molar-refractivity contribution in [2.24, 2.45) is 5.73 Å². The number of benzene rings is 1. The first-order valence-corrected chi connectivity index (χ1v) is 10.3. The largest absolute Gasteiger partial charge is 0.360 e. The summed E-state index contributed by atoms with van der Waals surface area (Å²) in [6, 6.07) is 7.07. The van der Waals surface area contributed by atoms with Crippen molar-refractivity contribution < 1.29 is 4.52 Å². The van der Waals surface area contributed by atoms with E-state index >= 15 is 0 Å². The Balaban J connectivity index is 0.00000180. The Hall–Kier alpha value is -0.780. The molecule has 1 saturated carbocycles. The Labute approximate surface area is 175 Å². The van der Waals surface area contributed by atoms with Crippen LogP contribution in [0.5, 0.6) is 0 Å². The van der Waals surface area contributed by atoms with E-state index in [1.54, 1.807) is 0 Å². The van der Waals surface area contributed by atoms with E-state index in [2.05, 4.69) is 10.1 Å². The summed E-state index contributed by atoms with van der Waals surface area (Å²) in [5.74, 6) is 1.53. The van der Waals surface area contributed by atoms with Crippen LogP contribution in [0.1, 0.15) is 55.8 Å². The number of hydrogen-bond acceptors (Lipinski definition) is 4. The Kier molecular flexibility index (Phi) is 5.47. The molecule has 7 heteroatoms. The molecule has 2 aliphatic heterocycles. The van der Waals surface area contributed by atoms with Crippen molar-refractivity contribution >= 4 is 35.6 Å². The van der Waals surface area contributed by atoms with Gasteiger partial charge < -0.3 is 10.3 Å². The molecule has 2 N–H and O–H groups in total. The predicted octanol–water partition coefficient (Wildman–Crippen LogP) is 5.40. The molecule has 2 bridgehead atoms. The molecule has 2 saturated heterocycles. The highest BCUT2D eigenvalue weighted by Crippen LogP contribution is 2.47. The topological polar surface area (TPSA) is 55.3 Å². The summed E-state index contributed by atoms with van der Waals surface area (Å²) in [4.78, 5) is 2.62. The van der Waals surface area contributed by atoms with Crippen LogP contribution in [-0.2, 0) is 6.54 Å². The number of nitrogens with zero attached hydrogens (tertiary/aromatic N) is 2. The van der Waals surface area contributed by atoms with E-state index in [9.17, 15) is 0 Å². The lowest BCUT2D eigenvalue weighted by Crippen LogP contribution is -2.46. The molecule has 0 amide bonds. The van der Waals surface area contributed by atoms with Crippen LogP contribution in [0.4, 0.5) is 0 Å². The zero-order valence-electron chi connectivity index (χ0n) is 15.0. The van der Waals surface area contributed by atoms with Crippen molar-refractivity contribution in [3.05, 3.63) is 39.6 Å². The van der Waals surface area contributed by atoms with Crippen LogP contribution in [0, 0.1) is 0 Å². The van der Waals surface area contributed by atoms with Gasteiger partial charge in [-0.3, -0.25) is 4.90 Å². The number of hydrogen-bond donors (Lipinski definition) is 1. The molecule has 2 atom stereocenters. The van der Waals surface area contributed by atoms with Gasteiger partial charge in [0, 0.05) is 41.7 Å². The van der Waals surface area contributed by atoms with E-state index in [1.807, 2.05) is 18.2 Å². The monoisotopic (exact) mass is 427 g/mol. The quantitative estimate of drug-likeness (QED) is 0.708. The van der Waals surface area contributed by atoms with Gasteiger partial charge in [-0.25, -0.2) is 0 Å². The van der Waals surface area contributed by atoms with Gasteiger partial charge in [0.05, 0.1) is 10.0 Å². The fourth-order valence-corrected chi connectivity index (χ4v) is 5.39. The van der Waals surface area contributed by atoms with Crippen LogP contribution in [0.15, 0.2) is 22.7 Å². The van der Waals surface area contributed by atoms with Gasteiger partial charge in [-0.2, -0.15) is 0 Å². The van der Waals surface area contributed by atoms with Gasteiger partial charge in [0.2, 0.25) is 0 Å². The number of piperidine rings is 1. The minimum absolute atomic E-state index is 0. The van der Waals surface area contributed by atoms with E-state index in [-0.39, 0.29) is 12.4 Å². The summed E-state index contributed by atoms with van der Waals surface area (Å²) in [6.07, 6.45) is 7.01. The molecule has 2 unspecified atom stereocenters. The Bertz CT molecular complexity index is 802. The van der Waals surface area contributed by atoms with E-state index in [0.717, 1.165) is 36.4 Å². The van der Waals surface area contributed by atoms with Gasteiger partial charge in [0.15, 0.2) is 0 Å². The first kappa shape index (κ1) is 19.5. The maximum atomic E-state index is 6.48. The number of rotatable bonds is 4. The summed E-state index contributed by atoms with van der Waals surface area (Å²) in [7, 11) is 0. The third-order valence-electron chi connectivity index (χ3n) is 6.23. The second kappa shape index (κ2) is 7.57. The summed E-state index contributed by atoms with van der Waals surface area (Å²) >= 11 is 13.0. The molecule has 1 aliphatic carbocycles. The van der Waals surface area contributed by atoms with Crippen LogP contribution < -0.4 is 5.73 Å². The van der Waals surface area contributed by atoms with Gasteiger partial charge in [-0.1, -0.05) is 34.4 Å². The maximum absolute atomic E-state index is 6.48. The predicted molar refractivity (Wildman–Crippen MR) is 111 cm³/mol. The number of nitrogens with two attached hydrogens (primary N) is 1. The molecule has 2 aromatic rings. The molecule has 3 aliphatic rings. The molecule has 1 aromatic carbocycles. The molecule has 27 heavy (non-hydrogen) atoms. The summed E-state index contributed by atoms with van der Waals surface area (Å²) in [5.41, 5.74) is 9.03. The molecule has 3 fully saturated rings. The first-order valence-electron chi connectivity index (χ1n) is 9.56. The lowest BCUT2D eigenvalue weighted by molar-refractivity contribution is 0.119. The highest BCUT2D eigenvalue weighted by Gasteiger charge is 2.42. The Morgan fingerprint density at radius 2 is 1.70 bits per heavy atom. The molecule has 4 nitrogen and oxygen atoms in total. The number of halogens is 3. The fraction of sp³-hybridized carbons (Fsp3) is 0.550. The van der Waals surface area contributed by atoms with Crippen LogP contribution in [0.3, 0.4) is 0 Å². The fourth-order valence-electron chi connectivity index (χ4n) is 4.82. The molecule has 146 valence electrons. The van der Waals surface area contributed by atoms with Gasteiger partial charge in [0.1, 0.15) is 11.5 Å². The molecule has 0 radical (unpaired) electrons. The third-order valence-corrected chi connectivity index (χ3v) is 6.86. The Morgan fingerprint density at radius 1 is 1.07 bits per heavy atom. The standard InChI is InChI=1S/C20H23Cl2N3O.ClH/c21-16-2-1-3-17(22)18(16)19-15(20(26-24-19)11-4-5-11)10-25-13-6-7-14(25)9-12(23)8-13;/h1-3,11-14H,4-10,23H2;1H. The van der Waals surface area contributed by atoms with E-state index in [0.29, 0.717) is 34.1 Å². The van der Waals surface area contributed by atoms with Crippen molar-refractivity contribution in [1.29, 1.82) is 0 Å². The maximum Gasteiger partial charge on any atom is 0.144 e.